The van der Waals surface area contributed by atoms with Crippen LogP contribution < -0.4 is 0 Å². The highest BCUT2D eigenvalue weighted by molar-refractivity contribution is 9.09. The van der Waals surface area contributed by atoms with E-state index in [2.05, 4.69) is 29.8 Å². The van der Waals surface area contributed by atoms with Gasteiger partial charge in [0.15, 0.2) is 0 Å². The number of unbranched alkanes of at least 4 members (excludes halogenated alkanes) is 4. The molecule has 0 aromatic heterocycles. The van der Waals surface area contributed by atoms with Gasteiger partial charge in [-0.2, -0.15) is 0 Å². The van der Waals surface area contributed by atoms with Crippen molar-refractivity contribution in [2.75, 3.05) is 0 Å². The van der Waals surface area contributed by atoms with Crippen molar-refractivity contribution in [1.82, 2.24) is 0 Å². The van der Waals surface area contributed by atoms with Crippen LogP contribution in [0.15, 0.2) is 0 Å². The predicted molar refractivity (Wildman–Crippen MR) is 57.5 cm³/mol. The fraction of sp³-hybridized carbons (Fsp3) is 1.00. The van der Waals surface area contributed by atoms with Crippen LogP contribution in [0.25, 0.3) is 0 Å². The van der Waals surface area contributed by atoms with Gasteiger partial charge in [-0.15, -0.1) is 0 Å². The van der Waals surface area contributed by atoms with Gasteiger partial charge in [0, 0.05) is 0 Å². The first-order valence-electron chi connectivity index (χ1n) is 5.00. The maximum absolute atomic E-state index is 9.14. The van der Waals surface area contributed by atoms with Crippen molar-refractivity contribution in [3.8, 4) is 0 Å². The number of hydrogen-bond donors (Lipinski definition) is 1. The van der Waals surface area contributed by atoms with Gasteiger partial charge < -0.3 is 5.11 Å². The molecule has 0 aromatic carbocycles. The van der Waals surface area contributed by atoms with E-state index in [4.69, 9.17) is 5.11 Å². The van der Waals surface area contributed by atoms with Crippen molar-refractivity contribution < 1.29 is 5.11 Å². The number of aliphatic hydroxyl groups excluding tert-OH is 1. The van der Waals surface area contributed by atoms with Crippen LogP contribution in [0.2, 0.25) is 0 Å². The highest BCUT2D eigenvalue weighted by Crippen LogP contribution is 2.17. The molecule has 0 radical (unpaired) electrons. The van der Waals surface area contributed by atoms with Gasteiger partial charge >= 0.3 is 0 Å². The van der Waals surface area contributed by atoms with Gasteiger partial charge in [-0.05, 0) is 12.3 Å². The average Bonchev–Trinajstić information content (AvgIpc) is 2.03. The predicted octanol–water partition coefficient (Wildman–Crippen LogP) is 3.70. The molecule has 1 nitrogen and oxygen atoms in total. The molecule has 74 valence electrons. The molecule has 12 heavy (non-hydrogen) atoms. The second-order valence-electron chi connectivity index (χ2n) is 3.55. The molecule has 0 bridgehead atoms. The molecule has 2 heteroatoms. The zero-order valence-corrected chi connectivity index (χ0v) is 9.81. The topological polar surface area (TPSA) is 20.2 Å². The van der Waals surface area contributed by atoms with E-state index in [1.807, 2.05) is 0 Å². The van der Waals surface area contributed by atoms with Crippen LogP contribution in [0.4, 0.5) is 0 Å². The highest BCUT2D eigenvalue weighted by atomic mass is 79.9. The zero-order valence-electron chi connectivity index (χ0n) is 8.22. The van der Waals surface area contributed by atoms with E-state index >= 15 is 0 Å². The van der Waals surface area contributed by atoms with Crippen molar-refractivity contribution in [3.05, 3.63) is 0 Å². The summed E-state index contributed by atoms with van der Waals surface area (Å²) in [5, 5.41) is 8.82. The van der Waals surface area contributed by atoms with Crippen LogP contribution in [-0.4, -0.2) is 10.1 Å². The van der Waals surface area contributed by atoms with Crippen LogP contribution in [0.5, 0.6) is 0 Å². The van der Waals surface area contributed by atoms with E-state index in [0.29, 0.717) is 5.92 Å². The molecule has 0 saturated carbocycles. The smallest absolute Gasteiger partial charge is 0.111 e. The molecule has 0 rings (SSSR count). The van der Waals surface area contributed by atoms with Crippen LogP contribution >= 0.6 is 15.9 Å². The maximum Gasteiger partial charge on any atom is 0.111 e. The lowest BCUT2D eigenvalue weighted by molar-refractivity contribution is 0.199. The Morgan fingerprint density at radius 2 is 1.75 bits per heavy atom. The summed E-state index contributed by atoms with van der Waals surface area (Å²) >= 11 is 3.18. The van der Waals surface area contributed by atoms with E-state index in [1.165, 1.54) is 32.1 Å². The Labute approximate surface area is 84.7 Å². The Kier molecular flexibility index (Phi) is 8.35. The minimum Gasteiger partial charge on any atom is -0.382 e. The number of alkyl halides is 1. The van der Waals surface area contributed by atoms with E-state index < -0.39 is 0 Å². The second kappa shape index (κ2) is 8.06. The summed E-state index contributed by atoms with van der Waals surface area (Å²) in [6.45, 7) is 4.31. The van der Waals surface area contributed by atoms with Gasteiger partial charge in [0.25, 0.3) is 0 Å². The standard InChI is InChI=1S/C10H21BrO/c1-3-4-5-6-7-8-9(2)10(11)12/h9-10,12H,3-8H2,1-2H3. The number of hydrogen-bond acceptors (Lipinski definition) is 1. The average molecular weight is 237 g/mol. The first-order chi connectivity index (χ1) is 5.68. The Hall–Kier alpha value is 0.440. The van der Waals surface area contributed by atoms with Gasteiger partial charge in [0.1, 0.15) is 5.01 Å². The van der Waals surface area contributed by atoms with Crippen molar-refractivity contribution in [2.45, 2.75) is 57.4 Å². The normalized spacial score (nSPS) is 16.0. The SMILES string of the molecule is CCCCCCCC(C)C(O)Br. The minimum absolute atomic E-state index is 0.316. The van der Waals surface area contributed by atoms with E-state index in [0.717, 1.165) is 6.42 Å². The molecule has 1 N–H and O–H groups in total. The van der Waals surface area contributed by atoms with Gasteiger partial charge in [0.2, 0.25) is 0 Å². The van der Waals surface area contributed by atoms with Crippen LogP contribution in [0.1, 0.15) is 52.4 Å². The number of aliphatic hydroxyl groups is 1. The molecule has 2 unspecified atom stereocenters. The van der Waals surface area contributed by atoms with Crippen molar-refractivity contribution in [3.63, 3.8) is 0 Å². The van der Waals surface area contributed by atoms with Crippen molar-refractivity contribution in [1.29, 1.82) is 0 Å². The summed E-state index contributed by atoms with van der Waals surface area (Å²) in [6, 6.07) is 0. The Balaban J connectivity index is 3.08. The van der Waals surface area contributed by atoms with E-state index in [-0.39, 0.29) is 5.01 Å². The Morgan fingerprint density at radius 1 is 1.17 bits per heavy atom. The zero-order chi connectivity index (χ0) is 9.40. The third kappa shape index (κ3) is 7.11. The second-order valence-corrected chi connectivity index (χ2v) is 4.49. The lowest BCUT2D eigenvalue weighted by Gasteiger charge is -2.12. The van der Waals surface area contributed by atoms with Crippen LogP contribution in [0.3, 0.4) is 0 Å². The summed E-state index contributed by atoms with van der Waals surface area (Å²) in [7, 11) is 0. The Morgan fingerprint density at radius 3 is 2.25 bits per heavy atom. The quantitative estimate of drug-likeness (QED) is 0.528. The number of rotatable bonds is 7. The minimum atomic E-state index is -0.316. The van der Waals surface area contributed by atoms with Gasteiger partial charge in [-0.1, -0.05) is 61.9 Å². The molecule has 0 amide bonds. The van der Waals surface area contributed by atoms with Crippen molar-refractivity contribution >= 4 is 15.9 Å². The van der Waals surface area contributed by atoms with Crippen LogP contribution in [0, 0.1) is 5.92 Å². The molecule has 0 saturated heterocycles. The maximum atomic E-state index is 9.14. The molecular formula is C10H21BrO. The van der Waals surface area contributed by atoms with Crippen LogP contribution in [-0.2, 0) is 0 Å². The highest BCUT2D eigenvalue weighted by Gasteiger charge is 2.08. The largest absolute Gasteiger partial charge is 0.382 e. The first-order valence-corrected chi connectivity index (χ1v) is 5.92. The molecule has 0 heterocycles. The molecular weight excluding hydrogens is 216 g/mol. The third-order valence-electron chi connectivity index (χ3n) is 2.23. The number of halogens is 1. The third-order valence-corrected chi connectivity index (χ3v) is 3.14. The monoisotopic (exact) mass is 236 g/mol. The summed E-state index contributed by atoms with van der Waals surface area (Å²) in [5.41, 5.74) is 0. The van der Waals surface area contributed by atoms with E-state index in [1.54, 1.807) is 0 Å². The molecule has 0 fully saturated rings. The molecule has 0 spiro atoms. The van der Waals surface area contributed by atoms with E-state index in [9.17, 15) is 0 Å². The van der Waals surface area contributed by atoms with Gasteiger partial charge in [-0.3, -0.25) is 0 Å². The van der Waals surface area contributed by atoms with Crippen molar-refractivity contribution in [2.24, 2.45) is 5.92 Å². The summed E-state index contributed by atoms with van der Waals surface area (Å²) in [5.74, 6) is 0.395. The molecule has 0 aromatic rings. The fourth-order valence-electron chi connectivity index (χ4n) is 1.21. The lowest BCUT2D eigenvalue weighted by Crippen LogP contribution is -2.09. The molecule has 0 aliphatic carbocycles. The van der Waals surface area contributed by atoms with Gasteiger partial charge in [0.05, 0.1) is 0 Å². The Bertz CT molecular complexity index is 93.8. The summed E-state index contributed by atoms with van der Waals surface area (Å²) < 4.78 is 0. The molecule has 0 aliphatic heterocycles. The summed E-state index contributed by atoms with van der Waals surface area (Å²) in [4.78, 5) is 0. The van der Waals surface area contributed by atoms with Gasteiger partial charge in [-0.25, -0.2) is 0 Å². The molecule has 0 aliphatic rings. The first kappa shape index (κ1) is 12.4. The summed E-state index contributed by atoms with van der Waals surface area (Å²) in [6.07, 6.45) is 7.71. The lowest BCUT2D eigenvalue weighted by atomic mass is 10.0. The molecule has 2 atom stereocenters. The fourth-order valence-corrected chi connectivity index (χ4v) is 1.47.